The van der Waals surface area contributed by atoms with E-state index in [9.17, 15) is 24.3 Å². The summed E-state index contributed by atoms with van der Waals surface area (Å²) in [7, 11) is 0. The first-order valence-electron chi connectivity index (χ1n) is 13.5. The lowest BCUT2D eigenvalue weighted by Gasteiger charge is -2.17. The molecule has 8 nitrogen and oxygen atoms in total. The van der Waals surface area contributed by atoms with Crippen LogP contribution < -0.4 is 16.0 Å². The van der Waals surface area contributed by atoms with Gasteiger partial charge in [0.1, 0.15) is 5.70 Å². The van der Waals surface area contributed by atoms with Crippen LogP contribution in [-0.2, 0) is 9.59 Å². The number of carbonyl (C=O) groups is 4. The molecule has 12 heteroatoms. The highest BCUT2D eigenvalue weighted by Crippen LogP contribution is 2.31. The molecule has 0 spiro atoms. The van der Waals surface area contributed by atoms with Gasteiger partial charge in [-0.1, -0.05) is 72.1 Å². The van der Waals surface area contributed by atoms with Gasteiger partial charge in [-0.15, -0.1) is 11.8 Å². The molecule has 0 bridgehead atoms. The molecule has 4 rings (SSSR count). The molecular formula is C33H26Cl3N3O5S. The van der Waals surface area contributed by atoms with Crippen molar-refractivity contribution < 1.29 is 24.3 Å². The number of nitrogens with one attached hydrogen (secondary N) is 3. The molecule has 1 atom stereocenters. The van der Waals surface area contributed by atoms with Crippen molar-refractivity contribution in [3.8, 4) is 0 Å². The minimum absolute atomic E-state index is 0.0102. The van der Waals surface area contributed by atoms with Crippen LogP contribution in [-0.4, -0.2) is 34.0 Å². The van der Waals surface area contributed by atoms with Gasteiger partial charge in [-0.05, 0) is 73.2 Å². The first-order chi connectivity index (χ1) is 21.5. The zero-order chi connectivity index (χ0) is 32.5. The Morgan fingerprint density at radius 1 is 0.800 bits per heavy atom. The summed E-state index contributed by atoms with van der Waals surface area (Å²) in [6.45, 7) is 1.84. The molecule has 1 unspecified atom stereocenters. The van der Waals surface area contributed by atoms with E-state index in [0.717, 1.165) is 0 Å². The number of hydrogen-bond donors (Lipinski definition) is 4. The SMILES string of the molecule is CCC(Sc1cccc(NC(=O)/C(=C\c2c(Cl)cccc2Cl)NC(=O)c2ccccc2)c1)C(=O)Nc1cc(C(=O)O)ccc1Cl. The van der Waals surface area contributed by atoms with Crippen LogP contribution in [0.25, 0.3) is 6.08 Å². The molecule has 0 radical (unpaired) electrons. The highest BCUT2D eigenvalue weighted by molar-refractivity contribution is 8.00. The summed E-state index contributed by atoms with van der Waals surface area (Å²) in [6, 6.07) is 24.2. The zero-order valence-electron chi connectivity index (χ0n) is 23.6. The maximum Gasteiger partial charge on any atom is 0.335 e. The summed E-state index contributed by atoms with van der Waals surface area (Å²) >= 11 is 20.1. The number of carbonyl (C=O) groups excluding carboxylic acids is 3. The Balaban J connectivity index is 1.53. The molecule has 0 aliphatic carbocycles. The lowest BCUT2D eigenvalue weighted by atomic mass is 10.1. The first-order valence-corrected chi connectivity index (χ1v) is 15.5. The van der Waals surface area contributed by atoms with Crippen molar-refractivity contribution >= 4 is 87.7 Å². The standard InChI is InChI=1S/C33H26Cl3N3O5S/c1-2-29(32(42)38-27-16-20(33(43)44)14-15-26(27)36)45-22-11-6-10-21(17-22)37-31(41)28(18-23-24(34)12-7-13-25(23)35)39-30(40)19-8-4-3-5-9-19/h3-18,29H,2H2,1H3,(H,37,41)(H,38,42)(H,39,40)(H,43,44)/b28-18+. The monoisotopic (exact) mass is 681 g/mol. The van der Waals surface area contributed by atoms with Crippen molar-refractivity contribution in [3.63, 3.8) is 0 Å². The zero-order valence-corrected chi connectivity index (χ0v) is 26.7. The van der Waals surface area contributed by atoms with Gasteiger partial charge in [0.05, 0.1) is 21.5 Å². The Labute approximate surface area is 278 Å². The molecule has 45 heavy (non-hydrogen) atoms. The van der Waals surface area contributed by atoms with Crippen molar-refractivity contribution in [1.29, 1.82) is 0 Å². The first kappa shape index (κ1) is 33.6. The minimum atomic E-state index is -1.14. The van der Waals surface area contributed by atoms with Crippen LogP contribution in [0.3, 0.4) is 0 Å². The molecule has 0 aliphatic heterocycles. The van der Waals surface area contributed by atoms with Gasteiger partial charge in [-0.25, -0.2) is 4.79 Å². The molecule has 4 aromatic carbocycles. The minimum Gasteiger partial charge on any atom is -0.478 e. The molecule has 0 aromatic heterocycles. The fourth-order valence-electron chi connectivity index (χ4n) is 4.03. The molecule has 0 saturated carbocycles. The third-order valence-electron chi connectivity index (χ3n) is 6.32. The van der Waals surface area contributed by atoms with Crippen LogP contribution in [0.4, 0.5) is 11.4 Å². The van der Waals surface area contributed by atoms with Crippen molar-refractivity contribution in [1.82, 2.24) is 5.32 Å². The number of aromatic carboxylic acids is 1. The van der Waals surface area contributed by atoms with Crippen LogP contribution in [0, 0.1) is 0 Å². The Hall–Kier alpha value is -4.28. The second-order valence-electron chi connectivity index (χ2n) is 9.50. The van der Waals surface area contributed by atoms with Gasteiger partial charge in [0.15, 0.2) is 0 Å². The Kier molecular flexibility index (Phi) is 11.7. The van der Waals surface area contributed by atoms with E-state index in [-0.39, 0.29) is 27.9 Å². The fourth-order valence-corrected chi connectivity index (χ4v) is 5.72. The third-order valence-corrected chi connectivity index (χ3v) is 8.67. The number of anilines is 2. The summed E-state index contributed by atoms with van der Waals surface area (Å²) in [5, 5.41) is 17.6. The quantitative estimate of drug-likeness (QED) is 0.0933. The van der Waals surface area contributed by atoms with Gasteiger partial charge in [-0.3, -0.25) is 14.4 Å². The van der Waals surface area contributed by atoms with Crippen LogP contribution in [0.5, 0.6) is 0 Å². The van der Waals surface area contributed by atoms with Gasteiger partial charge in [0.2, 0.25) is 5.91 Å². The summed E-state index contributed by atoms with van der Waals surface area (Å²) in [4.78, 5) is 51.6. The predicted molar refractivity (Wildman–Crippen MR) is 180 cm³/mol. The van der Waals surface area contributed by atoms with Crippen molar-refractivity contribution in [2.75, 3.05) is 10.6 Å². The van der Waals surface area contributed by atoms with Gasteiger partial charge in [-0.2, -0.15) is 0 Å². The van der Waals surface area contributed by atoms with E-state index in [2.05, 4.69) is 16.0 Å². The van der Waals surface area contributed by atoms with E-state index in [1.165, 1.54) is 36.0 Å². The number of rotatable bonds is 11. The second kappa shape index (κ2) is 15.6. The van der Waals surface area contributed by atoms with Gasteiger partial charge >= 0.3 is 5.97 Å². The largest absolute Gasteiger partial charge is 0.478 e. The normalized spacial score (nSPS) is 11.8. The average Bonchev–Trinajstić information content (AvgIpc) is 3.02. The molecular weight excluding hydrogens is 657 g/mol. The van der Waals surface area contributed by atoms with Crippen molar-refractivity contribution in [2.45, 2.75) is 23.5 Å². The number of halogens is 3. The molecule has 0 saturated heterocycles. The maximum absolute atomic E-state index is 13.5. The van der Waals surface area contributed by atoms with Crippen LogP contribution in [0.2, 0.25) is 15.1 Å². The van der Waals surface area contributed by atoms with Crippen molar-refractivity contribution in [3.05, 3.63) is 128 Å². The highest BCUT2D eigenvalue weighted by atomic mass is 35.5. The smallest absolute Gasteiger partial charge is 0.335 e. The second-order valence-corrected chi connectivity index (χ2v) is 12.0. The van der Waals surface area contributed by atoms with E-state index in [4.69, 9.17) is 34.8 Å². The summed E-state index contributed by atoms with van der Waals surface area (Å²) < 4.78 is 0. The number of carboxylic acids is 1. The molecule has 3 amide bonds. The number of amides is 3. The lowest BCUT2D eigenvalue weighted by Crippen LogP contribution is -2.30. The van der Waals surface area contributed by atoms with Gasteiger partial charge in [0.25, 0.3) is 11.8 Å². The van der Waals surface area contributed by atoms with E-state index >= 15 is 0 Å². The van der Waals surface area contributed by atoms with Crippen molar-refractivity contribution in [2.24, 2.45) is 0 Å². The fraction of sp³-hybridized carbons (Fsp3) is 0.0909. The van der Waals surface area contributed by atoms with Crippen LogP contribution in [0.1, 0.15) is 39.6 Å². The molecule has 4 N–H and O–H groups in total. The average molecular weight is 683 g/mol. The Bertz CT molecular complexity index is 1760. The van der Waals surface area contributed by atoms with E-state index in [1.807, 2.05) is 6.92 Å². The number of benzene rings is 4. The van der Waals surface area contributed by atoms with E-state index in [1.54, 1.807) is 72.8 Å². The Morgan fingerprint density at radius 2 is 1.49 bits per heavy atom. The number of thioether (sulfide) groups is 1. The third kappa shape index (κ3) is 9.12. The molecule has 230 valence electrons. The summed E-state index contributed by atoms with van der Waals surface area (Å²) in [6.07, 6.45) is 1.85. The topological polar surface area (TPSA) is 125 Å². The summed E-state index contributed by atoms with van der Waals surface area (Å²) in [5.41, 5.74) is 1.20. The van der Waals surface area contributed by atoms with Crippen LogP contribution in [0.15, 0.2) is 102 Å². The molecule has 0 fully saturated rings. The summed E-state index contributed by atoms with van der Waals surface area (Å²) in [5.74, 6) is -2.65. The van der Waals surface area contributed by atoms with Gasteiger partial charge in [0, 0.05) is 31.8 Å². The number of hydrogen-bond acceptors (Lipinski definition) is 5. The molecule has 4 aromatic rings. The highest BCUT2D eigenvalue weighted by Gasteiger charge is 2.21. The Morgan fingerprint density at radius 3 is 2.16 bits per heavy atom. The van der Waals surface area contributed by atoms with E-state index < -0.39 is 23.0 Å². The molecule has 0 heterocycles. The lowest BCUT2D eigenvalue weighted by molar-refractivity contribution is -0.116. The predicted octanol–water partition coefficient (Wildman–Crippen LogP) is 8.26. The van der Waals surface area contributed by atoms with Crippen LogP contribution >= 0.6 is 46.6 Å². The number of carboxylic acid groups (broad SMARTS) is 1. The maximum atomic E-state index is 13.5. The molecule has 0 aliphatic rings. The van der Waals surface area contributed by atoms with E-state index in [0.29, 0.717) is 38.2 Å². The van der Waals surface area contributed by atoms with Gasteiger partial charge < -0.3 is 21.1 Å².